The summed E-state index contributed by atoms with van der Waals surface area (Å²) in [6, 6.07) is 8.01. The van der Waals surface area contributed by atoms with Crippen molar-refractivity contribution in [2.24, 2.45) is 0 Å². The summed E-state index contributed by atoms with van der Waals surface area (Å²) in [7, 11) is -2.79. The van der Waals surface area contributed by atoms with Gasteiger partial charge in [0.1, 0.15) is 5.82 Å². The van der Waals surface area contributed by atoms with Crippen LogP contribution in [0.25, 0.3) is 22.3 Å². The molecule has 0 radical (unpaired) electrons. The second-order valence-electron chi connectivity index (χ2n) is 8.03. The lowest BCUT2D eigenvalue weighted by Gasteiger charge is -2.35. The van der Waals surface area contributed by atoms with E-state index in [-0.39, 0.29) is 6.04 Å². The van der Waals surface area contributed by atoms with E-state index < -0.39 is 14.5 Å². The first-order chi connectivity index (χ1) is 13.9. The van der Waals surface area contributed by atoms with Crippen LogP contribution in [0.3, 0.4) is 0 Å². The number of aromatic nitrogens is 4. The molecule has 2 atom stereocenters. The highest BCUT2D eigenvalue weighted by atomic mass is 32.2. The lowest BCUT2D eigenvalue weighted by molar-refractivity contribution is 0.0985. The Labute approximate surface area is 169 Å². The number of fused-ring (bicyclic) bond motifs is 1. The van der Waals surface area contributed by atoms with E-state index in [9.17, 15) is 4.21 Å². The number of nitrogens with one attached hydrogen (secondary N) is 2. The number of H-pyrrole nitrogens is 1. The maximum Gasteiger partial charge on any atom is 0.162 e. The van der Waals surface area contributed by atoms with Gasteiger partial charge in [0, 0.05) is 29.8 Å². The predicted molar refractivity (Wildman–Crippen MR) is 112 cm³/mol. The van der Waals surface area contributed by atoms with E-state index in [1.54, 1.807) is 6.20 Å². The van der Waals surface area contributed by atoms with E-state index in [0.717, 1.165) is 41.7 Å². The molecule has 3 aromatic rings. The van der Waals surface area contributed by atoms with E-state index in [1.807, 2.05) is 24.3 Å². The molecule has 0 spiro atoms. The molecular weight excluding hydrogens is 388 g/mol. The number of hydrogen-bond acceptors (Lipinski definition) is 7. The molecule has 2 fully saturated rings. The van der Waals surface area contributed by atoms with Gasteiger partial charge in [-0.2, -0.15) is 5.10 Å². The van der Waals surface area contributed by atoms with Crippen molar-refractivity contribution < 1.29 is 8.95 Å². The van der Waals surface area contributed by atoms with Gasteiger partial charge in [0.05, 0.1) is 51.1 Å². The number of benzene rings is 1. The molecule has 0 unspecified atom stereocenters. The van der Waals surface area contributed by atoms with Crippen LogP contribution in [0.15, 0.2) is 30.5 Å². The Kier molecular flexibility index (Phi) is 4.15. The molecule has 0 amide bonds. The van der Waals surface area contributed by atoms with Crippen molar-refractivity contribution in [3.05, 3.63) is 36.2 Å². The van der Waals surface area contributed by atoms with E-state index >= 15 is 0 Å². The molecule has 1 aliphatic carbocycles. The zero-order chi connectivity index (χ0) is 20.2. The van der Waals surface area contributed by atoms with Crippen molar-refractivity contribution in [1.82, 2.24) is 20.2 Å². The van der Waals surface area contributed by atoms with Crippen molar-refractivity contribution in [3.63, 3.8) is 0 Å². The lowest BCUT2D eigenvalue weighted by Crippen LogP contribution is -2.44. The van der Waals surface area contributed by atoms with Gasteiger partial charge in [0.25, 0.3) is 0 Å². The van der Waals surface area contributed by atoms with Crippen molar-refractivity contribution in [2.45, 2.75) is 30.6 Å². The zero-order valence-corrected chi connectivity index (χ0v) is 17.3. The second kappa shape index (κ2) is 6.50. The molecule has 5 rings (SSSR count). The third-order valence-electron chi connectivity index (χ3n) is 6.02. The summed E-state index contributed by atoms with van der Waals surface area (Å²) < 4.78 is 26.0. The van der Waals surface area contributed by atoms with Crippen molar-refractivity contribution in [2.75, 3.05) is 30.9 Å². The summed E-state index contributed by atoms with van der Waals surface area (Å²) in [6.07, 6.45) is 4.74. The molecule has 2 aliphatic rings. The van der Waals surface area contributed by atoms with Crippen LogP contribution >= 0.6 is 0 Å². The fourth-order valence-electron chi connectivity index (χ4n) is 4.12. The number of aromatic amines is 1. The van der Waals surface area contributed by atoms with Gasteiger partial charge in [-0.15, -0.1) is 0 Å². The molecule has 3 heterocycles. The van der Waals surface area contributed by atoms with E-state index in [0.29, 0.717) is 24.7 Å². The van der Waals surface area contributed by atoms with Gasteiger partial charge < -0.3 is 9.64 Å². The largest absolute Gasteiger partial charge is 0.377 e. The average molecular weight is 413 g/mol. The zero-order valence-electron chi connectivity index (χ0n) is 16.5. The minimum absolute atomic E-state index is 0.182. The van der Waals surface area contributed by atoms with Crippen LogP contribution in [-0.4, -0.2) is 56.4 Å². The minimum Gasteiger partial charge on any atom is -0.377 e. The van der Waals surface area contributed by atoms with Gasteiger partial charge in [-0.3, -0.25) is 9.88 Å². The summed E-state index contributed by atoms with van der Waals surface area (Å²) in [4.78, 5) is 12.0. The third-order valence-corrected chi connectivity index (χ3v) is 8.13. The summed E-state index contributed by atoms with van der Waals surface area (Å²) in [5.41, 5.74) is 2.50. The Hall–Kier alpha value is -2.52. The van der Waals surface area contributed by atoms with Crippen LogP contribution in [0.2, 0.25) is 0 Å². The lowest BCUT2D eigenvalue weighted by atomic mass is 10.1. The van der Waals surface area contributed by atoms with Gasteiger partial charge in [-0.1, -0.05) is 12.1 Å². The normalized spacial score (nSPS) is 23.1. The predicted octanol–water partition coefficient (Wildman–Crippen LogP) is 2.91. The van der Waals surface area contributed by atoms with Gasteiger partial charge in [0.15, 0.2) is 5.82 Å². The maximum atomic E-state index is 12.8. The van der Waals surface area contributed by atoms with Gasteiger partial charge >= 0.3 is 0 Å². The van der Waals surface area contributed by atoms with Crippen LogP contribution in [0.1, 0.15) is 25.5 Å². The van der Waals surface area contributed by atoms with Crippen LogP contribution in [0.4, 0.5) is 5.82 Å². The fraction of sp³-hybridized carbons (Fsp3) is 0.450. The molecule has 0 bridgehead atoms. The first-order valence-corrected chi connectivity index (χ1v) is 11.8. The number of hydrogen-bond donors (Lipinski definition) is 2. The SMILES string of the molecule is C[C@@H]1COCCN1c1cc(C2([S@](C)(=N)=O)CC2)nc(-c2cccc3[nH]ncc23)n1. The molecule has 1 saturated carbocycles. The summed E-state index contributed by atoms with van der Waals surface area (Å²) in [5.74, 6) is 1.38. The number of nitrogens with zero attached hydrogens (tertiary/aromatic N) is 4. The summed E-state index contributed by atoms with van der Waals surface area (Å²) >= 11 is 0. The van der Waals surface area contributed by atoms with Crippen molar-refractivity contribution >= 4 is 26.4 Å². The van der Waals surface area contributed by atoms with Crippen molar-refractivity contribution in [1.29, 1.82) is 4.78 Å². The minimum atomic E-state index is -2.79. The number of morpholine rings is 1. The van der Waals surface area contributed by atoms with Gasteiger partial charge in [-0.05, 0) is 25.8 Å². The monoisotopic (exact) mass is 412 g/mol. The molecular formula is C20H24N6O2S. The van der Waals surface area contributed by atoms with E-state index in [4.69, 9.17) is 19.5 Å². The number of ether oxygens (including phenoxy) is 1. The Balaban J connectivity index is 1.72. The molecule has 1 aliphatic heterocycles. The van der Waals surface area contributed by atoms with Crippen LogP contribution in [-0.2, 0) is 19.2 Å². The topological polar surface area (TPSA) is 108 Å². The molecule has 1 aromatic carbocycles. The standard InChI is InChI=1S/C20H24N6O2S/c1-13-12-28-9-8-26(13)18-10-17(20(6-7-20)29(2,21)27)23-19(24-18)14-4-3-5-16-15(14)11-22-25-16/h3-5,10-11,13,21H,6-9,12H2,1-2H3,(H,22,25)/t13-,29-/m1/s1. The van der Waals surface area contributed by atoms with E-state index in [1.165, 1.54) is 6.26 Å². The summed E-state index contributed by atoms with van der Waals surface area (Å²) in [6.45, 7) is 4.13. The first-order valence-electron chi connectivity index (χ1n) is 9.79. The van der Waals surface area contributed by atoms with Crippen LogP contribution < -0.4 is 4.90 Å². The molecule has 29 heavy (non-hydrogen) atoms. The molecule has 2 N–H and O–H groups in total. The molecule has 152 valence electrons. The average Bonchev–Trinajstić information content (AvgIpc) is 3.39. The van der Waals surface area contributed by atoms with Crippen molar-refractivity contribution in [3.8, 4) is 11.4 Å². The summed E-state index contributed by atoms with van der Waals surface area (Å²) in [5, 5.41) is 8.08. The van der Waals surface area contributed by atoms with Crippen LogP contribution in [0.5, 0.6) is 0 Å². The Morgan fingerprint density at radius 1 is 1.34 bits per heavy atom. The second-order valence-corrected chi connectivity index (χ2v) is 10.5. The number of rotatable bonds is 4. The highest BCUT2D eigenvalue weighted by Crippen LogP contribution is 2.52. The third kappa shape index (κ3) is 3.00. The Bertz CT molecular complexity index is 1180. The first kappa shape index (κ1) is 18.5. The van der Waals surface area contributed by atoms with Crippen LogP contribution in [0, 0.1) is 4.78 Å². The molecule has 8 nitrogen and oxygen atoms in total. The molecule has 2 aromatic heterocycles. The van der Waals surface area contributed by atoms with Gasteiger partial charge in [-0.25, -0.2) is 14.2 Å². The molecule has 1 saturated heterocycles. The highest BCUT2D eigenvalue weighted by molar-refractivity contribution is 7.92. The molecule has 9 heteroatoms. The number of anilines is 1. The smallest absolute Gasteiger partial charge is 0.162 e. The fourth-order valence-corrected chi connectivity index (χ4v) is 5.51. The Morgan fingerprint density at radius 2 is 2.17 bits per heavy atom. The van der Waals surface area contributed by atoms with E-state index in [2.05, 4.69) is 22.0 Å². The quantitative estimate of drug-likeness (QED) is 0.682. The Morgan fingerprint density at radius 3 is 2.90 bits per heavy atom. The highest BCUT2D eigenvalue weighted by Gasteiger charge is 2.53. The maximum absolute atomic E-state index is 12.8. The van der Waals surface area contributed by atoms with Gasteiger partial charge in [0.2, 0.25) is 0 Å².